The van der Waals surface area contributed by atoms with Gasteiger partial charge in [0.25, 0.3) is 0 Å². The van der Waals surface area contributed by atoms with Crippen LogP contribution in [0.2, 0.25) is 0 Å². The average Bonchev–Trinajstić information content (AvgIpc) is 2.17. The molecule has 0 saturated carbocycles. The van der Waals surface area contributed by atoms with Crippen molar-refractivity contribution in [2.24, 2.45) is 17.6 Å². The second-order valence-corrected chi connectivity index (χ2v) is 5.51. The number of nitrogens with two attached hydrogens (primary N) is 1. The van der Waals surface area contributed by atoms with E-state index in [1.165, 1.54) is 12.8 Å². The molecular formula is C13H27NO2. The first kappa shape index (κ1) is 15.4. The first-order valence-electron chi connectivity index (χ1n) is 6.31. The highest BCUT2D eigenvalue weighted by Crippen LogP contribution is 2.23. The lowest BCUT2D eigenvalue weighted by Crippen LogP contribution is -2.45. The molecule has 3 N–H and O–H groups in total. The maximum Gasteiger partial charge on any atom is 0.323 e. The second-order valence-electron chi connectivity index (χ2n) is 5.51. The van der Waals surface area contributed by atoms with Gasteiger partial charge in [-0.1, -0.05) is 40.0 Å². The third kappa shape index (κ3) is 6.11. The normalized spacial score (nSPS) is 17.1. The number of carboxylic acid groups (broad SMARTS) is 1. The van der Waals surface area contributed by atoms with E-state index < -0.39 is 11.5 Å². The molecular weight excluding hydrogens is 202 g/mol. The van der Waals surface area contributed by atoms with Crippen molar-refractivity contribution in [1.29, 1.82) is 0 Å². The van der Waals surface area contributed by atoms with E-state index in [1.807, 2.05) is 0 Å². The molecule has 2 unspecified atom stereocenters. The molecule has 0 radical (unpaired) electrons. The molecule has 0 heterocycles. The Bertz CT molecular complexity index is 212. The van der Waals surface area contributed by atoms with Gasteiger partial charge in [0, 0.05) is 0 Å². The van der Waals surface area contributed by atoms with Crippen molar-refractivity contribution in [3.05, 3.63) is 0 Å². The first-order valence-corrected chi connectivity index (χ1v) is 6.31. The van der Waals surface area contributed by atoms with Gasteiger partial charge in [-0.25, -0.2) is 0 Å². The topological polar surface area (TPSA) is 63.3 Å². The van der Waals surface area contributed by atoms with Crippen molar-refractivity contribution in [2.45, 2.75) is 65.3 Å². The molecule has 0 saturated heterocycles. The van der Waals surface area contributed by atoms with Gasteiger partial charge in [0.05, 0.1) is 0 Å². The lowest BCUT2D eigenvalue weighted by atomic mass is 9.86. The van der Waals surface area contributed by atoms with E-state index in [0.29, 0.717) is 12.3 Å². The largest absolute Gasteiger partial charge is 0.480 e. The highest BCUT2D eigenvalue weighted by atomic mass is 16.4. The molecule has 0 aromatic carbocycles. The number of hydrogen-bond donors (Lipinski definition) is 2. The average molecular weight is 229 g/mol. The maximum absolute atomic E-state index is 10.9. The Hall–Kier alpha value is -0.570. The summed E-state index contributed by atoms with van der Waals surface area (Å²) in [4.78, 5) is 10.9. The number of aliphatic carboxylic acids is 1. The first-order chi connectivity index (χ1) is 7.29. The highest BCUT2D eigenvalue weighted by Gasteiger charge is 2.28. The summed E-state index contributed by atoms with van der Waals surface area (Å²) in [6, 6.07) is 0. The van der Waals surface area contributed by atoms with Crippen molar-refractivity contribution in [2.75, 3.05) is 0 Å². The molecule has 0 bridgehead atoms. The van der Waals surface area contributed by atoms with Crippen LogP contribution in [0, 0.1) is 11.8 Å². The number of carbonyl (C=O) groups is 1. The Morgan fingerprint density at radius 3 is 2.25 bits per heavy atom. The summed E-state index contributed by atoms with van der Waals surface area (Å²) in [5, 5.41) is 8.92. The molecule has 0 amide bonds. The van der Waals surface area contributed by atoms with Crippen molar-refractivity contribution in [3.63, 3.8) is 0 Å². The Labute approximate surface area is 99.4 Å². The lowest BCUT2D eigenvalue weighted by molar-refractivity contribution is -0.143. The molecule has 0 aliphatic carbocycles. The zero-order valence-electron chi connectivity index (χ0n) is 11.1. The van der Waals surface area contributed by atoms with Gasteiger partial charge in [0.15, 0.2) is 0 Å². The predicted octanol–water partition coefficient (Wildman–Crippen LogP) is 3.03. The number of carboxylic acids is 1. The highest BCUT2D eigenvalue weighted by molar-refractivity contribution is 5.77. The van der Waals surface area contributed by atoms with Gasteiger partial charge in [-0.3, -0.25) is 4.79 Å². The SMILES string of the molecule is CCC(CCC(C)C)CCC(C)(N)C(=O)O. The fraction of sp³-hybridized carbons (Fsp3) is 0.923. The Morgan fingerprint density at radius 2 is 1.88 bits per heavy atom. The molecule has 0 spiro atoms. The van der Waals surface area contributed by atoms with E-state index in [9.17, 15) is 4.79 Å². The molecule has 16 heavy (non-hydrogen) atoms. The van der Waals surface area contributed by atoms with Crippen LogP contribution < -0.4 is 5.73 Å². The summed E-state index contributed by atoms with van der Waals surface area (Å²) in [6.07, 6.45) is 5.00. The molecule has 0 fully saturated rings. The Balaban J connectivity index is 4.00. The van der Waals surface area contributed by atoms with Crippen LogP contribution in [0.15, 0.2) is 0 Å². The fourth-order valence-corrected chi connectivity index (χ4v) is 1.73. The van der Waals surface area contributed by atoms with Crippen LogP contribution in [0.1, 0.15) is 59.8 Å². The van der Waals surface area contributed by atoms with Gasteiger partial charge < -0.3 is 10.8 Å². The predicted molar refractivity (Wildman–Crippen MR) is 67.3 cm³/mol. The van der Waals surface area contributed by atoms with Crippen LogP contribution in [-0.2, 0) is 4.79 Å². The lowest BCUT2D eigenvalue weighted by Gasteiger charge is -2.23. The molecule has 0 aromatic heterocycles. The van der Waals surface area contributed by atoms with E-state index in [4.69, 9.17) is 10.8 Å². The summed E-state index contributed by atoms with van der Waals surface area (Å²) >= 11 is 0. The van der Waals surface area contributed by atoms with E-state index in [1.54, 1.807) is 6.92 Å². The van der Waals surface area contributed by atoms with Gasteiger partial charge in [0.1, 0.15) is 5.54 Å². The van der Waals surface area contributed by atoms with Crippen LogP contribution in [0.5, 0.6) is 0 Å². The molecule has 0 aliphatic heterocycles. The molecule has 0 aliphatic rings. The van der Waals surface area contributed by atoms with Crippen molar-refractivity contribution in [1.82, 2.24) is 0 Å². The van der Waals surface area contributed by atoms with Gasteiger partial charge in [-0.15, -0.1) is 0 Å². The van der Waals surface area contributed by atoms with Crippen LogP contribution >= 0.6 is 0 Å². The van der Waals surface area contributed by atoms with Crippen molar-refractivity contribution >= 4 is 5.97 Å². The summed E-state index contributed by atoms with van der Waals surface area (Å²) in [6.45, 7) is 8.21. The van der Waals surface area contributed by atoms with E-state index in [-0.39, 0.29) is 0 Å². The van der Waals surface area contributed by atoms with Crippen molar-refractivity contribution < 1.29 is 9.90 Å². The van der Waals surface area contributed by atoms with E-state index in [0.717, 1.165) is 18.8 Å². The van der Waals surface area contributed by atoms with Crippen LogP contribution in [-0.4, -0.2) is 16.6 Å². The zero-order chi connectivity index (χ0) is 12.8. The number of rotatable bonds is 8. The molecule has 0 aromatic rings. The van der Waals surface area contributed by atoms with Crippen LogP contribution in [0.4, 0.5) is 0 Å². The fourth-order valence-electron chi connectivity index (χ4n) is 1.73. The van der Waals surface area contributed by atoms with Crippen LogP contribution in [0.3, 0.4) is 0 Å². The molecule has 3 nitrogen and oxygen atoms in total. The van der Waals surface area contributed by atoms with E-state index in [2.05, 4.69) is 20.8 Å². The Kier molecular flexibility index (Phi) is 6.65. The number of hydrogen-bond acceptors (Lipinski definition) is 2. The Morgan fingerprint density at radius 1 is 1.31 bits per heavy atom. The maximum atomic E-state index is 10.9. The van der Waals surface area contributed by atoms with Crippen LogP contribution in [0.25, 0.3) is 0 Å². The summed E-state index contributed by atoms with van der Waals surface area (Å²) in [5.74, 6) is 0.439. The molecule has 2 atom stereocenters. The van der Waals surface area contributed by atoms with Crippen molar-refractivity contribution in [3.8, 4) is 0 Å². The van der Waals surface area contributed by atoms with E-state index >= 15 is 0 Å². The summed E-state index contributed by atoms with van der Waals surface area (Å²) < 4.78 is 0. The summed E-state index contributed by atoms with van der Waals surface area (Å²) in [5.41, 5.74) is 4.65. The quantitative estimate of drug-likeness (QED) is 0.672. The summed E-state index contributed by atoms with van der Waals surface area (Å²) in [7, 11) is 0. The molecule has 3 heteroatoms. The minimum absolute atomic E-state index is 0.568. The smallest absolute Gasteiger partial charge is 0.323 e. The van der Waals surface area contributed by atoms with Gasteiger partial charge in [-0.2, -0.15) is 0 Å². The standard InChI is InChI=1S/C13H27NO2/c1-5-11(7-6-10(2)3)8-9-13(4,14)12(15)16/h10-11H,5-9,14H2,1-4H3,(H,15,16). The minimum Gasteiger partial charge on any atom is -0.480 e. The minimum atomic E-state index is -1.06. The monoisotopic (exact) mass is 229 g/mol. The molecule has 96 valence electrons. The van der Waals surface area contributed by atoms with Gasteiger partial charge in [0.2, 0.25) is 0 Å². The molecule has 0 rings (SSSR count). The third-order valence-electron chi connectivity index (χ3n) is 3.29. The third-order valence-corrected chi connectivity index (χ3v) is 3.29. The zero-order valence-corrected chi connectivity index (χ0v) is 11.1. The van der Waals surface area contributed by atoms with Gasteiger partial charge >= 0.3 is 5.97 Å². The second kappa shape index (κ2) is 6.89. The van der Waals surface area contributed by atoms with Gasteiger partial charge in [-0.05, 0) is 31.6 Å².